The van der Waals surface area contributed by atoms with Gasteiger partial charge in [-0.15, -0.1) is 0 Å². The van der Waals surface area contributed by atoms with E-state index in [1.807, 2.05) is 0 Å². The number of aromatic nitrogens is 2. The van der Waals surface area contributed by atoms with E-state index in [1.165, 1.54) is 32.1 Å². The molecule has 1 unspecified atom stereocenters. The number of rotatable bonds is 7. The van der Waals surface area contributed by atoms with Gasteiger partial charge in [-0.05, 0) is 33.1 Å². The van der Waals surface area contributed by atoms with Crippen molar-refractivity contribution in [1.82, 2.24) is 20.4 Å². The summed E-state index contributed by atoms with van der Waals surface area (Å²) in [5, 5.41) is 24.4. The Bertz CT molecular complexity index is 669. The molecular formula is C20H34N6O2. The summed E-state index contributed by atoms with van der Waals surface area (Å²) in [4.78, 5) is 6.38. The Morgan fingerprint density at radius 2 is 2.04 bits per heavy atom. The van der Waals surface area contributed by atoms with Crippen LogP contribution in [0.4, 0.5) is 0 Å². The lowest BCUT2D eigenvalue weighted by Gasteiger charge is -2.42. The zero-order valence-corrected chi connectivity index (χ0v) is 17.3. The van der Waals surface area contributed by atoms with Gasteiger partial charge in [0, 0.05) is 44.4 Å². The fourth-order valence-electron chi connectivity index (χ4n) is 4.42. The van der Waals surface area contributed by atoms with Gasteiger partial charge in [0.05, 0.1) is 6.10 Å². The highest BCUT2D eigenvalue weighted by atomic mass is 16.5. The van der Waals surface area contributed by atoms with Crippen LogP contribution in [0.25, 0.3) is 0 Å². The van der Waals surface area contributed by atoms with Gasteiger partial charge in [0.15, 0.2) is 5.82 Å². The molecule has 1 saturated heterocycles. The van der Waals surface area contributed by atoms with Crippen molar-refractivity contribution >= 4 is 11.5 Å². The number of hydrogen-bond acceptors (Lipinski definition) is 7. The number of likely N-dealkylation sites (tertiary alicyclic amines) is 1. The van der Waals surface area contributed by atoms with Crippen molar-refractivity contribution in [2.24, 2.45) is 0 Å². The molecule has 0 radical (unpaired) electrons. The van der Waals surface area contributed by atoms with Crippen LogP contribution in [0.3, 0.4) is 0 Å². The minimum absolute atomic E-state index is 0.0437. The van der Waals surface area contributed by atoms with Crippen LogP contribution in [0.1, 0.15) is 69.5 Å². The third-order valence-corrected chi connectivity index (χ3v) is 5.94. The van der Waals surface area contributed by atoms with E-state index in [4.69, 9.17) is 20.1 Å². The van der Waals surface area contributed by atoms with Crippen molar-refractivity contribution in [2.45, 2.75) is 82.9 Å². The maximum absolute atomic E-state index is 8.79. The number of hydrogen-bond donors (Lipinski definition) is 3. The minimum Gasteiger partial charge on any atom is -0.378 e. The van der Waals surface area contributed by atoms with E-state index in [0.29, 0.717) is 48.3 Å². The number of ether oxygens (including phenoxy) is 1. The third-order valence-electron chi connectivity index (χ3n) is 5.94. The van der Waals surface area contributed by atoms with Gasteiger partial charge >= 0.3 is 0 Å². The van der Waals surface area contributed by atoms with E-state index in [1.54, 1.807) is 21.0 Å². The Morgan fingerprint density at radius 1 is 1.29 bits per heavy atom. The zero-order valence-electron chi connectivity index (χ0n) is 17.3. The molecule has 1 saturated carbocycles. The smallest absolute Gasteiger partial charge is 0.237 e. The summed E-state index contributed by atoms with van der Waals surface area (Å²) in [6.45, 7) is 4.99. The Balaban J connectivity index is 1.65. The highest BCUT2D eigenvalue weighted by Gasteiger charge is 2.35. The van der Waals surface area contributed by atoms with E-state index in [2.05, 4.69) is 20.4 Å². The second-order valence-electron chi connectivity index (χ2n) is 8.22. The molecule has 8 nitrogen and oxygen atoms in total. The van der Waals surface area contributed by atoms with E-state index >= 15 is 0 Å². The standard InChI is InChI=1S/C20H34N6O2/c1-13(21)11-16(20-23-14(2)25-28-20)19(22)26-10-9-17(18(12-26)27-3)24-15-7-5-4-6-8-15/h15-18,21-22,24H,4-12H2,1-3H3/t16?,17-,18+/m1/s1. The Hall–Kier alpha value is -1.80. The quantitative estimate of drug-likeness (QED) is 0.488. The number of piperidine rings is 1. The number of nitrogens with one attached hydrogen (secondary N) is 3. The van der Waals surface area contributed by atoms with Gasteiger partial charge in [0.1, 0.15) is 11.8 Å². The molecule has 1 aromatic rings. The lowest BCUT2D eigenvalue weighted by atomic mass is 9.92. The van der Waals surface area contributed by atoms with Gasteiger partial charge in [0.25, 0.3) is 0 Å². The van der Waals surface area contributed by atoms with Crippen molar-refractivity contribution in [1.29, 1.82) is 10.8 Å². The first-order valence-corrected chi connectivity index (χ1v) is 10.4. The van der Waals surface area contributed by atoms with Gasteiger partial charge < -0.3 is 24.9 Å². The molecule has 156 valence electrons. The van der Waals surface area contributed by atoms with Crippen LogP contribution in [-0.2, 0) is 4.74 Å². The molecule has 3 N–H and O–H groups in total. The summed E-state index contributed by atoms with van der Waals surface area (Å²) in [7, 11) is 1.76. The third kappa shape index (κ3) is 5.17. The first kappa shape index (κ1) is 20.9. The highest BCUT2D eigenvalue weighted by molar-refractivity contribution is 5.91. The van der Waals surface area contributed by atoms with Crippen molar-refractivity contribution in [3.8, 4) is 0 Å². The molecule has 2 heterocycles. The summed E-state index contributed by atoms with van der Waals surface area (Å²) < 4.78 is 11.1. The van der Waals surface area contributed by atoms with E-state index in [0.717, 1.165) is 13.0 Å². The molecule has 0 aromatic carbocycles. The molecule has 1 aliphatic carbocycles. The Labute approximate surface area is 167 Å². The largest absolute Gasteiger partial charge is 0.378 e. The van der Waals surface area contributed by atoms with Crippen LogP contribution in [-0.4, -0.2) is 65.0 Å². The van der Waals surface area contributed by atoms with E-state index < -0.39 is 0 Å². The fraction of sp³-hybridized carbons (Fsp3) is 0.800. The Kier molecular flexibility index (Phi) is 7.18. The van der Waals surface area contributed by atoms with Crippen LogP contribution in [0.5, 0.6) is 0 Å². The first-order chi connectivity index (χ1) is 13.5. The van der Waals surface area contributed by atoms with Crippen molar-refractivity contribution in [2.75, 3.05) is 20.2 Å². The summed E-state index contributed by atoms with van der Waals surface area (Å²) in [6.07, 6.45) is 7.88. The molecule has 8 heteroatoms. The second kappa shape index (κ2) is 9.60. The van der Waals surface area contributed by atoms with E-state index in [-0.39, 0.29) is 12.0 Å². The Morgan fingerprint density at radius 3 is 2.64 bits per heavy atom. The molecule has 1 aliphatic heterocycles. The van der Waals surface area contributed by atoms with Crippen molar-refractivity contribution in [3.63, 3.8) is 0 Å². The second-order valence-corrected chi connectivity index (χ2v) is 8.22. The molecule has 0 amide bonds. The number of aryl methyl sites for hydroxylation is 1. The van der Waals surface area contributed by atoms with Crippen LogP contribution in [0.2, 0.25) is 0 Å². The molecule has 3 atom stereocenters. The monoisotopic (exact) mass is 390 g/mol. The minimum atomic E-state index is -0.376. The van der Waals surface area contributed by atoms with Crippen LogP contribution in [0.15, 0.2) is 4.52 Å². The predicted molar refractivity (Wildman–Crippen MR) is 108 cm³/mol. The predicted octanol–water partition coefficient (Wildman–Crippen LogP) is 2.88. The van der Waals surface area contributed by atoms with Gasteiger partial charge in [-0.25, -0.2) is 0 Å². The highest BCUT2D eigenvalue weighted by Crippen LogP contribution is 2.26. The van der Waals surface area contributed by atoms with Gasteiger partial charge in [-0.1, -0.05) is 24.4 Å². The molecule has 3 rings (SSSR count). The van der Waals surface area contributed by atoms with E-state index in [9.17, 15) is 0 Å². The number of methoxy groups -OCH3 is 1. The van der Waals surface area contributed by atoms with Crippen LogP contribution >= 0.6 is 0 Å². The molecule has 28 heavy (non-hydrogen) atoms. The van der Waals surface area contributed by atoms with Crippen molar-refractivity contribution in [3.05, 3.63) is 11.7 Å². The molecule has 2 aliphatic rings. The summed E-state index contributed by atoms with van der Waals surface area (Å²) in [5.74, 6) is 1.04. The average molecular weight is 391 g/mol. The lowest BCUT2D eigenvalue weighted by molar-refractivity contribution is 0.0193. The molecule has 1 aromatic heterocycles. The fourth-order valence-corrected chi connectivity index (χ4v) is 4.42. The normalized spacial score (nSPS) is 24.9. The summed E-state index contributed by atoms with van der Waals surface area (Å²) >= 11 is 0. The van der Waals surface area contributed by atoms with Gasteiger partial charge in [-0.3, -0.25) is 5.41 Å². The summed E-state index contributed by atoms with van der Waals surface area (Å²) in [6, 6.07) is 0.919. The van der Waals surface area contributed by atoms with Gasteiger partial charge in [0.2, 0.25) is 5.89 Å². The number of nitrogens with zero attached hydrogens (tertiary/aromatic N) is 3. The zero-order chi connectivity index (χ0) is 20.1. The number of amidine groups is 1. The van der Waals surface area contributed by atoms with Crippen molar-refractivity contribution < 1.29 is 9.26 Å². The van der Waals surface area contributed by atoms with Crippen LogP contribution in [0, 0.1) is 17.7 Å². The first-order valence-electron chi connectivity index (χ1n) is 10.4. The maximum Gasteiger partial charge on any atom is 0.237 e. The molecule has 0 bridgehead atoms. The molecule has 2 fully saturated rings. The average Bonchev–Trinajstić information content (AvgIpc) is 3.12. The summed E-state index contributed by atoms with van der Waals surface area (Å²) in [5.41, 5.74) is 0.503. The van der Waals surface area contributed by atoms with Gasteiger partial charge in [-0.2, -0.15) is 4.98 Å². The molecular weight excluding hydrogens is 356 g/mol. The molecule has 0 spiro atoms. The maximum atomic E-state index is 8.79. The lowest BCUT2D eigenvalue weighted by Crippen LogP contribution is -2.57. The topological polar surface area (TPSA) is 111 Å². The van der Waals surface area contributed by atoms with Crippen LogP contribution < -0.4 is 5.32 Å². The SMILES string of the molecule is CO[C@H]1CN(C(=N)C(CC(C)=N)c2nc(C)no2)CC[C@H]1NC1CCCCC1.